The van der Waals surface area contributed by atoms with E-state index >= 15 is 0 Å². The number of anilines is 1. The van der Waals surface area contributed by atoms with E-state index in [9.17, 15) is 18.0 Å². The highest BCUT2D eigenvalue weighted by Gasteiger charge is 2.30. The van der Waals surface area contributed by atoms with E-state index in [0.717, 1.165) is 12.1 Å². The van der Waals surface area contributed by atoms with Crippen molar-refractivity contribution in [1.29, 1.82) is 0 Å². The van der Waals surface area contributed by atoms with Crippen LogP contribution >= 0.6 is 0 Å². The van der Waals surface area contributed by atoms with Gasteiger partial charge in [0.2, 0.25) is 0 Å². The van der Waals surface area contributed by atoms with Crippen molar-refractivity contribution >= 4 is 11.6 Å². The van der Waals surface area contributed by atoms with E-state index in [-0.39, 0.29) is 18.1 Å². The molecule has 0 aliphatic rings. The molecule has 0 atom stereocenters. The van der Waals surface area contributed by atoms with E-state index in [1.807, 2.05) is 6.92 Å². The third kappa shape index (κ3) is 4.11. The average molecular weight is 363 g/mol. The number of rotatable bonds is 5. The fourth-order valence-electron chi connectivity index (χ4n) is 2.40. The standard InChI is InChI=1S/C17H16F3N5O/c1-2-24-7-6-15(23-24)16(26)22-14-9-21-25(11-14)10-12-4-3-5-13(8-12)17(18,19)20/h3-9,11H,2,10H2,1H3,(H,22,26). The number of nitrogens with one attached hydrogen (secondary N) is 1. The van der Waals surface area contributed by atoms with Crippen molar-refractivity contribution in [2.45, 2.75) is 26.2 Å². The van der Waals surface area contributed by atoms with Crippen molar-refractivity contribution in [2.75, 3.05) is 5.32 Å². The molecule has 0 saturated carbocycles. The Kier molecular flexibility index (Phi) is 4.79. The first-order valence-corrected chi connectivity index (χ1v) is 7.88. The number of nitrogens with zero attached hydrogens (tertiary/aromatic N) is 4. The maximum atomic E-state index is 12.8. The van der Waals surface area contributed by atoms with E-state index in [0.29, 0.717) is 17.8 Å². The van der Waals surface area contributed by atoms with Gasteiger partial charge in [0.15, 0.2) is 5.69 Å². The van der Waals surface area contributed by atoms with Gasteiger partial charge in [0.1, 0.15) is 0 Å². The van der Waals surface area contributed by atoms with Crippen LogP contribution in [0.15, 0.2) is 48.9 Å². The van der Waals surface area contributed by atoms with Gasteiger partial charge in [0, 0.05) is 18.9 Å². The van der Waals surface area contributed by atoms with Gasteiger partial charge in [-0.05, 0) is 30.7 Å². The van der Waals surface area contributed by atoms with Crippen molar-refractivity contribution in [3.05, 3.63) is 65.7 Å². The molecule has 3 aromatic rings. The van der Waals surface area contributed by atoms with Crippen LogP contribution in [0.1, 0.15) is 28.5 Å². The summed E-state index contributed by atoms with van der Waals surface area (Å²) in [7, 11) is 0. The van der Waals surface area contributed by atoms with E-state index < -0.39 is 11.7 Å². The second-order valence-electron chi connectivity index (χ2n) is 5.64. The molecule has 0 fully saturated rings. The van der Waals surface area contributed by atoms with Crippen LogP contribution in [-0.2, 0) is 19.3 Å². The number of aromatic nitrogens is 4. The molecule has 2 heterocycles. The number of hydrogen-bond acceptors (Lipinski definition) is 3. The minimum Gasteiger partial charge on any atom is -0.318 e. The molecule has 6 nitrogen and oxygen atoms in total. The zero-order valence-corrected chi connectivity index (χ0v) is 13.9. The summed E-state index contributed by atoms with van der Waals surface area (Å²) in [4.78, 5) is 12.1. The van der Waals surface area contributed by atoms with Gasteiger partial charge >= 0.3 is 6.18 Å². The summed E-state index contributed by atoms with van der Waals surface area (Å²) in [5.74, 6) is -0.379. The van der Waals surface area contributed by atoms with Gasteiger partial charge in [-0.15, -0.1) is 0 Å². The van der Waals surface area contributed by atoms with Crippen molar-refractivity contribution in [3.63, 3.8) is 0 Å². The molecular formula is C17H16F3N5O. The molecule has 1 amide bonds. The summed E-state index contributed by atoms with van der Waals surface area (Å²) >= 11 is 0. The Bertz CT molecular complexity index is 913. The molecule has 3 rings (SSSR count). The summed E-state index contributed by atoms with van der Waals surface area (Å²) in [6.07, 6.45) is 0.296. The number of alkyl halides is 3. The first-order chi connectivity index (χ1) is 12.3. The number of hydrogen-bond donors (Lipinski definition) is 1. The fraction of sp³-hybridized carbons (Fsp3) is 0.235. The number of amides is 1. The third-order valence-corrected chi connectivity index (χ3v) is 3.69. The minimum absolute atomic E-state index is 0.157. The van der Waals surface area contributed by atoms with Crippen LogP contribution in [0.2, 0.25) is 0 Å². The topological polar surface area (TPSA) is 64.7 Å². The quantitative estimate of drug-likeness (QED) is 0.755. The minimum atomic E-state index is -4.39. The third-order valence-electron chi connectivity index (χ3n) is 3.69. The Labute approximate surface area is 147 Å². The van der Waals surface area contributed by atoms with E-state index in [2.05, 4.69) is 15.5 Å². The highest BCUT2D eigenvalue weighted by molar-refractivity contribution is 6.02. The Morgan fingerprint density at radius 3 is 2.73 bits per heavy atom. The van der Waals surface area contributed by atoms with Gasteiger partial charge in [-0.2, -0.15) is 23.4 Å². The van der Waals surface area contributed by atoms with E-state index in [1.54, 1.807) is 29.2 Å². The molecular weight excluding hydrogens is 347 g/mol. The molecule has 9 heteroatoms. The normalized spacial score (nSPS) is 11.5. The summed E-state index contributed by atoms with van der Waals surface area (Å²) < 4.78 is 41.4. The Morgan fingerprint density at radius 1 is 1.23 bits per heavy atom. The second-order valence-corrected chi connectivity index (χ2v) is 5.64. The molecule has 0 aliphatic carbocycles. The van der Waals surface area contributed by atoms with Crippen molar-refractivity contribution in [1.82, 2.24) is 19.6 Å². The van der Waals surface area contributed by atoms with Crippen LogP contribution in [0.25, 0.3) is 0 Å². The van der Waals surface area contributed by atoms with Gasteiger partial charge in [-0.3, -0.25) is 14.2 Å². The van der Waals surface area contributed by atoms with Gasteiger partial charge in [0.25, 0.3) is 5.91 Å². The van der Waals surface area contributed by atoms with E-state index in [4.69, 9.17) is 0 Å². The maximum Gasteiger partial charge on any atom is 0.416 e. The monoisotopic (exact) mass is 363 g/mol. The van der Waals surface area contributed by atoms with Crippen LogP contribution < -0.4 is 5.32 Å². The lowest BCUT2D eigenvalue weighted by atomic mass is 10.1. The molecule has 0 saturated heterocycles. The zero-order valence-electron chi connectivity index (χ0n) is 13.9. The van der Waals surface area contributed by atoms with Crippen LogP contribution in [0.4, 0.5) is 18.9 Å². The van der Waals surface area contributed by atoms with Crippen molar-refractivity contribution in [2.24, 2.45) is 0 Å². The fourth-order valence-corrected chi connectivity index (χ4v) is 2.40. The molecule has 0 aliphatic heterocycles. The smallest absolute Gasteiger partial charge is 0.318 e. The molecule has 136 valence electrons. The first kappa shape index (κ1) is 17.7. The molecule has 26 heavy (non-hydrogen) atoms. The number of halogens is 3. The lowest BCUT2D eigenvalue weighted by molar-refractivity contribution is -0.137. The number of carbonyl (C=O) groups is 1. The Hall–Kier alpha value is -3.10. The summed E-state index contributed by atoms with van der Waals surface area (Å²) in [5.41, 5.74) is 0.468. The van der Waals surface area contributed by atoms with Crippen LogP contribution in [-0.4, -0.2) is 25.5 Å². The molecule has 0 unspecified atom stereocenters. The highest BCUT2D eigenvalue weighted by atomic mass is 19.4. The summed E-state index contributed by atoms with van der Waals surface area (Å²) in [5, 5.41) is 10.8. The number of benzene rings is 1. The van der Waals surface area contributed by atoms with Gasteiger partial charge in [0.05, 0.1) is 24.0 Å². The van der Waals surface area contributed by atoms with Crippen molar-refractivity contribution in [3.8, 4) is 0 Å². The van der Waals surface area contributed by atoms with Crippen molar-refractivity contribution < 1.29 is 18.0 Å². The molecule has 2 aromatic heterocycles. The molecule has 0 radical (unpaired) electrons. The second kappa shape index (κ2) is 7.03. The van der Waals surface area contributed by atoms with Gasteiger partial charge < -0.3 is 5.32 Å². The molecule has 0 spiro atoms. The van der Waals surface area contributed by atoms with E-state index in [1.165, 1.54) is 16.9 Å². The van der Waals surface area contributed by atoms with Crippen LogP contribution in [0.3, 0.4) is 0 Å². The SMILES string of the molecule is CCn1ccc(C(=O)Nc2cnn(Cc3cccc(C(F)(F)F)c3)c2)n1. The van der Waals surface area contributed by atoms with Gasteiger partial charge in [-0.1, -0.05) is 12.1 Å². The average Bonchev–Trinajstić information content (AvgIpc) is 3.23. The Morgan fingerprint density at radius 2 is 2.04 bits per heavy atom. The molecule has 1 N–H and O–H groups in total. The highest BCUT2D eigenvalue weighted by Crippen LogP contribution is 2.29. The largest absolute Gasteiger partial charge is 0.416 e. The predicted octanol–water partition coefficient (Wildman–Crippen LogP) is 3.42. The molecule has 1 aromatic carbocycles. The first-order valence-electron chi connectivity index (χ1n) is 7.88. The zero-order chi connectivity index (χ0) is 18.7. The van der Waals surface area contributed by atoms with Crippen LogP contribution in [0.5, 0.6) is 0 Å². The summed E-state index contributed by atoms with van der Waals surface area (Å²) in [6.45, 7) is 2.72. The van der Waals surface area contributed by atoms with Crippen LogP contribution in [0, 0.1) is 0 Å². The van der Waals surface area contributed by atoms with Gasteiger partial charge in [-0.25, -0.2) is 0 Å². The lowest BCUT2D eigenvalue weighted by Crippen LogP contribution is -2.13. The predicted molar refractivity (Wildman–Crippen MR) is 88.6 cm³/mol. The Balaban J connectivity index is 1.67. The number of carbonyl (C=O) groups excluding carboxylic acids is 1. The molecule has 0 bridgehead atoms. The summed E-state index contributed by atoms with van der Waals surface area (Å²) in [6, 6.07) is 6.65. The maximum absolute atomic E-state index is 12.8. The lowest BCUT2D eigenvalue weighted by Gasteiger charge is -2.08. The number of aryl methyl sites for hydroxylation is 1.